The summed E-state index contributed by atoms with van der Waals surface area (Å²) in [6.45, 7) is 0. The minimum atomic E-state index is -0.389. The first-order valence-corrected chi connectivity index (χ1v) is 7.03. The molecular formula is C15H11ClN2OS. The van der Waals surface area contributed by atoms with Gasteiger partial charge in [-0.2, -0.15) is 5.26 Å². The lowest BCUT2D eigenvalue weighted by Crippen LogP contribution is -2.18. The summed E-state index contributed by atoms with van der Waals surface area (Å²) in [6, 6.07) is 13.2. The highest BCUT2D eigenvalue weighted by molar-refractivity contribution is 7.16. The van der Waals surface area contributed by atoms with Crippen LogP contribution in [0.1, 0.15) is 4.88 Å². The van der Waals surface area contributed by atoms with Gasteiger partial charge in [-0.3, -0.25) is 4.79 Å². The monoisotopic (exact) mass is 302 g/mol. The normalized spacial score (nSPS) is 10.9. The lowest BCUT2D eigenvalue weighted by Gasteiger charge is -1.99. The summed E-state index contributed by atoms with van der Waals surface area (Å²) in [5.74, 6) is -0.389. The predicted molar refractivity (Wildman–Crippen MR) is 82.4 cm³/mol. The van der Waals surface area contributed by atoms with Crippen molar-refractivity contribution in [3.05, 3.63) is 51.9 Å². The Hall–Kier alpha value is -2.09. The number of carbonyl (C=O) groups excluding carboxylic acids is 1. The Labute approximate surface area is 126 Å². The van der Waals surface area contributed by atoms with Crippen molar-refractivity contribution in [2.75, 3.05) is 7.05 Å². The number of rotatable bonds is 3. The molecular weight excluding hydrogens is 292 g/mol. The number of likely N-dealkylation sites (N-methyl/N-ethyl adjacent to an activating group) is 1. The molecule has 0 unspecified atom stereocenters. The van der Waals surface area contributed by atoms with Crippen molar-refractivity contribution in [3.63, 3.8) is 0 Å². The maximum absolute atomic E-state index is 11.5. The molecule has 1 amide bonds. The highest BCUT2D eigenvalue weighted by Gasteiger charge is 2.09. The predicted octanol–water partition coefficient (Wildman–Crippen LogP) is 3.72. The van der Waals surface area contributed by atoms with Gasteiger partial charge in [-0.05, 0) is 24.3 Å². The number of benzene rings is 1. The van der Waals surface area contributed by atoms with Gasteiger partial charge in [-0.1, -0.05) is 29.8 Å². The summed E-state index contributed by atoms with van der Waals surface area (Å²) in [5, 5.41) is 12.1. The molecule has 1 heterocycles. The average Bonchev–Trinajstić information content (AvgIpc) is 2.92. The minimum Gasteiger partial charge on any atom is -0.354 e. The van der Waals surface area contributed by atoms with Crippen molar-refractivity contribution in [2.45, 2.75) is 0 Å². The molecule has 5 heteroatoms. The third-order valence-electron chi connectivity index (χ3n) is 2.64. The molecule has 0 aliphatic carbocycles. The van der Waals surface area contributed by atoms with Crippen LogP contribution in [0, 0.1) is 11.3 Å². The molecule has 0 saturated carbocycles. The van der Waals surface area contributed by atoms with Gasteiger partial charge in [0, 0.05) is 27.4 Å². The highest BCUT2D eigenvalue weighted by Crippen LogP contribution is 2.33. The lowest BCUT2D eigenvalue weighted by atomic mass is 10.2. The number of nitrogens with zero attached hydrogens (tertiary/aromatic N) is 1. The Bertz CT molecular complexity index is 713. The molecule has 1 N–H and O–H groups in total. The number of hydrogen-bond donors (Lipinski definition) is 1. The van der Waals surface area contributed by atoms with Crippen molar-refractivity contribution in [1.82, 2.24) is 5.32 Å². The zero-order valence-corrected chi connectivity index (χ0v) is 12.3. The second-order valence-electron chi connectivity index (χ2n) is 3.93. The fraction of sp³-hybridized carbons (Fsp3) is 0.0667. The van der Waals surface area contributed by atoms with Crippen LogP contribution < -0.4 is 5.32 Å². The molecule has 0 radical (unpaired) electrons. The quantitative estimate of drug-likeness (QED) is 0.694. The van der Waals surface area contributed by atoms with E-state index in [9.17, 15) is 4.79 Å². The molecule has 1 aromatic carbocycles. The van der Waals surface area contributed by atoms with Crippen molar-refractivity contribution >= 4 is 34.9 Å². The fourth-order valence-electron chi connectivity index (χ4n) is 1.66. The Morgan fingerprint density at radius 3 is 2.75 bits per heavy atom. The molecule has 0 aliphatic rings. The Balaban J connectivity index is 2.35. The second-order valence-corrected chi connectivity index (χ2v) is 5.45. The van der Waals surface area contributed by atoms with Gasteiger partial charge < -0.3 is 5.32 Å². The van der Waals surface area contributed by atoms with Gasteiger partial charge in [0.05, 0.1) is 0 Å². The Kier molecular flexibility index (Phi) is 4.57. The van der Waals surface area contributed by atoms with Crippen LogP contribution in [0.5, 0.6) is 0 Å². The minimum absolute atomic E-state index is 0.0834. The van der Waals surface area contributed by atoms with E-state index in [1.807, 2.05) is 42.5 Å². The van der Waals surface area contributed by atoms with Crippen molar-refractivity contribution in [1.29, 1.82) is 5.26 Å². The molecule has 0 atom stereocenters. The molecule has 100 valence electrons. The number of nitrogens with one attached hydrogen (secondary N) is 1. The highest BCUT2D eigenvalue weighted by atomic mass is 35.5. The Morgan fingerprint density at radius 2 is 2.10 bits per heavy atom. The molecule has 2 rings (SSSR count). The maximum Gasteiger partial charge on any atom is 0.261 e. The van der Waals surface area contributed by atoms with E-state index in [0.717, 1.165) is 15.3 Å². The Morgan fingerprint density at radius 1 is 1.35 bits per heavy atom. The van der Waals surface area contributed by atoms with Crippen LogP contribution in [0.4, 0.5) is 0 Å². The summed E-state index contributed by atoms with van der Waals surface area (Å²) in [5.41, 5.74) is 1.03. The average molecular weight is 303 g/mol. The fourth-order valence-corrected chi connectivity index (χ4v) is 2.95. The smallest absolute Gasteiger partial charge is 0.261 e. The van der Waals surface area contributed by atoms with Crippen LogP contribution in [0.25, 0.3) is 16.5 Å². The van der Waals surface area contributed by atoms with Crippen LogP contribution in [-0.2, 0) is 4.79 Å². The van der Waals surface area contributed by atoms with Gasteiger partial charge in [0.2, 0.25) is 0 Å². The molecule has 0 fully saturated rings. The first kappa shape index (κ1) is 14.3. The van der Waals surface area contributed by atoms with Crippen LogP contribution in [-0.4, -0.2) is 13.0 Å². The summed E-state index contributed by atoms with van der Waals surface area (Å²) >= 11 is 7.63. The number of thiophene rings is 1. The van der Waals surface area contributed by atoms with Crippen molar-refractivity contribution in [2.24, 2.45) is 0 Å². The van der Waals surface area contributed by atoms with E-state index in [4.69, 9.17) is 16.9 Å². The molecule has 3 nitrogen and oxygen atoms in total. The summed E-state index contributed by atoms with van der Waals surface area (Å²) in [4.78, 5) is 13.3. The van der Waals surface area contributed by atoms with E-state index < -0.39 is 0 Å². The van der Waals surface area contributed by atoms with E-state index >= 15 is 0 Å². The number of nitriles is 1. The zero-order chi connectivity index (χ0) is 14.5. The van der Waals surface area contributed by atoms with Crippen LogP contribution in [0.3, 0.4) is 0 Å². The zero-order valence-electron chi connectivity index (χ0n) is 10.7. The molecule has 0 aliphatic heterocycles. The number of halogens is 1. The first-order chi connectivity index (χ1) is 9.65. The van der Waals surface area contributed by atoms with Gasteiger partial charge in [-0.15, -0.1) is 11.3 Å². The molecule has 0 saturated heterocycles. The molecule has 20 heavy (non-hydrogen) atoms. The van der Waals surface area contributed by atoms with E-state index in [0.29, 0.717) is 5.02 Å². The van der Waals surface area contributed by atoms with Gasteiger partial charge in [0.25, 0.3) is 5.91 Å². The van der Waals surface area contributed by atoms with Crippen molar-refractivity contribution < 1.29 is 4.79 Å². The first-order valence-electron chi connectivity index (χ1n) is 5.84. The van der Waals surface area contributed by atoms with Gasteiger partial charge >= 0.3 is 0 Å². The largest absolute Gasteiger partial charge is 0.354 e. The van der Waals surface area contributed by atoms with Crippen LogP contribution >= 0.6 is 22.9 Å². The van der Waals surface area contributed by atoms with Gasteiger partial charge in [0.15, 0.2) is 0 Å². The molecule has 0 bridgehead atoms. The second kappa shape index (κ2) is 6.38. The van der Waals surface area contributed by atoms with E-state index in [-0.39, 0.29) is 11.5 Å². The van der Waals surface area contributed by atoms with E-state index in [2.05, 4.69) is 5.32 Å². The van der Waals surface area contributed by atoms with E-state index in [1.54, 1.807) is 6.08 Å². The number of carbonyl (C=O) groups is 1. The van der Waals surface area contributed by atoms with Crippen LogP contribution in [0.2, 0.25) is 5.02 Å². The summed E-state index contributed by atoms with van der Waals surface area (Å²) in [7, 11) is 1.50. The van der Waals surface area contributed by atoms with Gasteiger partial charge in [0.1, 0.15) is 11.6 Å². The molecule has 0 spiro atoms. The third-order valence-corrected chi connectivity index (χ3v) is 4.04. The summed E-state index contributed by atoms with van der Waals surface area (Å²) < 4.78 is 0. The van der Waals surface area contributed by atoms with Gasteiger partial charge in [-0.25, -0.2) is 0 Å². The standard InChI is InChI=1S/C15H11ClN2OS/c1-18-15(19)10(9-17)8-11-6-7-14(20-11)12-4-2-3-5-13(12)16/h2-8H,1H3,(H,18,19)/b10-8-. The maximum atomic E-state index is 11.5. The molecule has 1 aromatic heterocycles. The van der Waals surface area contributed by atoms with Crippen molar-refractivity contribution in [3.8, 4) is 16.5 Å². The molecule has 2 aromatic rings. The van der Waals surface area contributed by atoms with E-state index in [1.165, 1.54) is 18.4 Å². The number of amides is 1. The van der Waals surface area contributed by atoms with Crippen LogP contribution in [0.15, 0.2) is 42.0 Å². The SMILES string of the molecule is CNC(=O)/C(C#N)=C\c1ccc(-c2ccccc2Cl)s1. The summed E-state index contributed by atoms with van der Waals surface area (Å²) in [6.07, 6.45) is 1.57. The number of hydrogen-bond acceptors (Lipinski definition) is 3. The lowest BCUT2D eigenvalue weighted by molar-refractivity contribution is -0.116. The third kappa shape index (κ3) is 3.08. The topological polar surface area (TPSA) is 52.9 Å².